The Hall–Kier alpha value is -4.01. The predicted octanol–water partition coefficient (Wildman–Crippen LogP) is 3.73. The van der Waals surface area contributed by atoms with E-state index in [1.54, 1.807) is 23.7 Å². The van der Waals surface area contributed by atoms with Crippen LogP contribution in [0.2, 0.25) is 0 Å². The Labute approximate surface area is 172 Å². The SMILES string of the molecule is CC1=C(C(=O)Nc2cccc(C)c2C)C(c2cccc([N+](=O)[O-])c2)n2ncnc2N1. The maximum absolute atomic E-state index is 13.4. The third-order valence-corrected chi connectivity index (χ3v) is 5.29. The maximum Gasteiger partial charge on any atom is 0.269 e. The second-order valence-electron chi connectivity index (χ2n) is 7.15. The van der Waals surface area contributed by atoms with Crippen molar-refractivity contribution in [1.29, 1.82) is 0 Å². The molecule has 30 heavy (non-hydrogen) atoms. The van der Waals surface area contributed by atoms with Gasteiger partial charge in [-0.2, -0.15) is 10.1 Å². The fraction of sp³-hybridized carbons (Fsp3) is 0.190. The molecule has 9 heteroatoms. The second-order valence-corrected chi connectivity index (χ2v) is 7.15. The second kappa shape index (κ2) is 7.43. The van der Waals surface area contributed by atoms with Crippen molar-refractivity contribution in [1.82, 2.24) is 14.8 Å². The molecule has 0 aliphatic carbocycles. The highest BCUT2D eigenvalue weighted by molar-refractivity contribution is 6.06. The number of aromatic nitrogens is 3. The lowest BCUT2D eigenvalue weighted by atomic mass is 9.94. The smallest absolute Gasteiger partial charge is 0.269 e. The molecule has 1 aliphatic heterocycles. The third kappa shape index (κ3) is 3.30. The number of benzene rings is 2. The Balaban J connectivity index is 1.80. The largest absolute Gasteiger partial charge is 0.328 e. The van der Waals surface area contributed by atoms with Crippen LogP contribution in [0.4, 0.5) is 17.3 Å². The lowest BCUT2D eigenvalue weighted by Crippen LogP contribution is -2.31. The van der Waals surface area contributed by atoms with E-state index in [0.717, 1.165) is 11.1 Å². The van der Waals surface area contributed by atoms with Crippen molar-refractivity contribution in [3.8, 4) is 0 Å². The number of allylic oxidation sites excluding steroid dienone is 1. The Morgan fingerprint density at radius 3 is 2.73 bits per heavy atom. The Morgan fingerprint density at radius 2 is 1.97 bits per heavy atom. The monoisotopic (exact) mass is 404 g/mol. The molecule has 1 aliphatic rings. The predicted molar refractivity (Wildman–Crippen MR) is 112 cm³/mol. The topological polar surface area (TPSA) is 115 Å². The zero-order chi connectivity index (χ0) is 21.4. The van der Waals surface area contributed by atoms with Gasteiger partial charge in [0.25, 0.3) is 11.6 Å². The summed E-state index contributed by atoms with van der Waals surface area (Å²) < 4.78 is 1.56. The summed E-state index contributed by atoms with van der Waals surface area (Å²) in [6, 6.07) is 11.3. The first-order valence-corrected chi connectivity index (χ1v) is 9.36. The van der Waals surface area contributed by atoms with Crippen LogP contribution in [0, 0.1) is 24.0 Å². The number of anilines is 2. The van der Waals surface area contributed by atoms with E-state index in [9.17, 15) is 14.9 Å². The molecular formula is C21H20N6O3. The van der Waals surface area contributed by atoms with E-state index >= 15 is 0 Å². The van der Waals surface area contributed by atoms with Crippen molar-refractivity contribution in [3.63, 3.8) is 0 Å². The number of nitro groups is 1. The summed E-state index contributed by atoms with van der Waals surface area (Å²) in [5.41, 5.74) is 4.28. The number of nitrogens with zero attached hydrogens (tertiary/aromatic N) is 4. The lowest BCUT2D eigenvalue weighted by molar-refractivity contribution is -0.384. The van der Waals surface area contributed by atoms with E-state index in [2.05, 4.69) is 20.7 Å². The molecule has 2 aromatic carbocycles. The molecule has 152 valence electrons. The molecule has 0 saturated heterocycles. The number of aryl methyl sites for hydroxylation is 1. The minimum atomic E-state index is -0.659. The fourth-order valence-electron chi connectivity index (χ4n) is 3.58. The van der Waals surface area contributed by atoms with E-state index < -0.39 is 11.0 Å². The van der Waals surface area contributed by atoms with Gasteiger partial charge in [-0.05, 0) is 43.5 Å². The molecule has 0 bridgehead atoms. The van der Waals surface area contributed by atoms with E-state index in [1.807, 2.05) is 32.0 Å². The first-order chi connectivity index (χ1) is 14.4. The first-order valence-electron chi connectivity index (χ1n) is 9.36. The summed E-state index contributed by atoms with van der Waals surface area (Å²) in [5, 5.41) is 21.6. The Kier molecular flexibility index (Phi) is 4.78. The van der Waals surface area contributed by atoms with Crippen molar-refractivity contribution >= 4 is 23.2 Å². The molecule has 1 aromatic heterocycles. The average Bonchev–Trinajstić information content (AvgIpc) is 3.18. The van der Waals surface area contributed by atoms with Gasteiger partial charge in [0.1, 0.15) is 12.4 Å². The first kappa shape index (κ1) is 19.3. The summed E-state index contributed by atoms with van der Waals surface area (Å²) in [6.07, 6.45) is 1.38. The Morgan fingerprint density at radius 1 is 1.20 bits per heavy atom. The molecule has 4 rings (SSSR count). The number of hydrogen-bond acceptors (Lipinski definition) is 6. The van der Waals surface area contributed by atoms with Gasteiger partial charge in [0.2, 0.25) is 5.95 Å². The number of hydrogen-bond donors (Lipinski definition) is 2. The van der Waals surface area contributed by atoms with E-state index in [4.69, 9.17) is 0 Å². The van der Waals surface area contributed by atoms with Crippen molar-refractivity contribution in [3.05, 3.63) is 86.9 Å². The minimum absolute atomic E-state index is 0.0559. The highest BCUT2D eigenvalue weighted by atomic mass is 16.6. The van der Waals surface area contributed by atoms with Crippen molar-refractivity contribution in [2.75, 3.05) is 10.6 Å². The number of fused-ring (bicyclic) bond motifs is 1. The van der Waals surface area contributed by atoms with Gasteiger partial charge in [0, 0.05) is 23.5 Å². The number of rotatable bonds is 4. The lowest BCUT2D eigenvalue weighted by Gasteiger charge is -2.28. The van der Waals surface area contributed by atoms with E-state index in [0.29, 0.717) is 28.5 Å². The van der Waals surface area contributed by atoms with Crippen LogP contribution in [0.25, 0.3) is 0 Å². The molecular weight excluding hydrogens is 384 g/mol. The minimum Gasteiger partial charge on any atom is -0.328 e. The number of nitro benzene ring substituents is 1. The summed E-state index contributed by atoms with van der Waals surface area (Å²) in [4.78, 5) is 28.4. The van der Waals surface area contributed by atoms with Crippen LogP contribution >= 0.6 is 0 Å². The van der Waals surface area contributed by atoms with Crippen molar-refractivity contribution < 1.29 is 9.72 Å². The molecule has 9 nitrogen and oxygen atoms in total. The molecule has 1 unspecified atom stereocenters. The van der Waals surface area contributed by atoms with Gasteiger partial charge in [-0.15, -0.1) is 0 Å². The summed E-state index contributed by atoms with van der Waals surface area (Å²) in [5.74, 6) is 0.152. The molecule has 0 fully saturated rings. The van der Waals surface area contributed by atoms with Gasteiger partial charge < -0.3 is 10.6 Å². The van der Waals surface area contributed by atoms with Crippen LogP contribution in [-0.2, 0) is 4.79 Å². The zero-order valence-electron chi connectivity index (χ0n) is 16.7. The van der Waals surface area contributed by atoms with Gasteiger partial charge in [-0.1, -0.05) is 24.3 Å². The average molecular weight is 404 g/mol. The van der Waals surface area contributed by atoms with Gasteiger partial charge in [-0.3, -0.25) is 14.9 Å². The highest BCUT2D eigenvalue weighted by Crippen LogP contribution is 2.36. The number of carbonyl (C=O) groups excluding carboxylic acids is 1. The molecule has 2 heterocycles. The molecule has 1 amide bonds. The Bertz CT molecular complexity index is 1200. The number of carbonyl (C=O) groups is 1. The van der Waals surface area contributed by atoms with Crippen molar-refractivity contribution in [2.24, 2.45) is 0 Å². The van der Waals surface area contributed by atoms with Crippen molar-refractivity contribution in [2.45, 2.75) is 26.8 Å². The zero-order valence-corrected chi connectivity index (χ0v) is 16.7. The quantitative estimate of drug-likeness (QED) is 0.506. The van der Waals surface area contributed by atoms with Crippen LogP contribution in [-0.4, -0.2) is 25.6 Å². The summed E-state index contributed by atoms with van der Waals surface area (Å²) in [6.45, 7) is 5.70. The molecule has 0 radical (unpaired) electrons. The normalized spacial score (nSPS) is 15.4. The van der Waals surface area contributed by atoms with Gasteiger partial charge in [0.05, 0.1) is 10.5 Å². The molecule has 3 aromatic rings. The number of amides is 1. The van der Waals surface area contributed by atoms with Gasteiger partial charge >= 0.3 is 0 Å². The van der Waals surface area contributed by atoms with Gasteiger partial charge in [0.15, 0.2) is 0 Å². The van der Waals surface area contributed by atoms with Crippen LogP contribution in [0.5, 0.6) is 0 Å². The highest BCUT2D eigenvalue weighted by Gasteiger charge is 2.34. The molecule has 2 N–H and O–H groups in total. The third-order valence-electron chi connectivity index (χ3n) is 5.29. The maximum atomic E-state index is 13.4. The van der Waals surface area contributed by atoms with E-state index in [-0.39, 0.29) is 11.6 Å². The van der Waals surface area contributed by atoms with Gasteiger partial charge in [-0.25, -0.2) is 4.68 Å². The number of non-ortho nitro benzene ring substituents is 1. The molecule has 0 saturated carbocycles. The van der Waals surface area contributed by atoms with Crippen LogP contribution in [0.15, 0.2) is 60.1 Å². The van der Waals surface area contributed by atoms with Crippen LogP contribution in [0.3, 0.4) is 0 Å². The van der Waals surface area contributed by atoms with E-state index in [1.165, 1.54) is 18.5 Å². The molecule has 1 atom stereocenters. The van der Waals surface area contributed by atoms with Crippen LogP contribution in [0.1, 0.15) is 29.7 Å². The molecule has 0 spiro atoms. The summed E-state index contributed by atoms with van der Waals surface area (Å²) >= 11 is 0. The standard InChI is InChI=1S/C21H20N6O3/c1-12-6-4-9-17(13(12)2)25-20(28)18-14(3)24-21-22-11-23-26(21)19(18)15-7-5-8-16(10-15)27(29)30/h4-11,19H,1-3H3,(H,25,28)(H,22,23,24). The summed E-state index contributed by atoms with van der Waals surface area (Å²) in [7, 11) is 0. The van der Waals surface area contributed by atoms with Crippen LogP contribution < -0.4 is 10.6 Å². The fourth-order valence-corrected chi connectivity index (χ4v) is 3.58. The number of nitrogens with one attached hydrogen (secondary N) is 2.